The van der Waals surface area contributed by atoms with E-state index in [1.165, 1.54) is 231 Å². The third-order valence-electron chi connectivity index (χ3n) is 19.1. The molecule has 101 heavy (non-hydrogen) atoms. The van der Waals surface area contributed by atoms with Crippen molar-refractivity contribution in [2.45, 2.75) is 446 Å². The third kappa shape index (κ3) is 76.1. The normalized spacial score (nSPS) is 14.0. The van der Waals surface area contributed by atoms with Crippen LogP contribution in [-0.2, 0) is 65.4 Å². The summed E-state index contributed by atoms with van der Waals surface area (Å²) in [6.45, 7) is 12.0. The van der Waals surface area contributed by atoms with Crippen molar-refractivity contribution in [1.82, 2.24) is 0 Å². The van der Waals surface area contributed by atoms with Crippen LogP contribution in [0.15, 0.2) is 0 Å². The van der Waals surface area contributed by atoms with E-state index in [-0.39, 0.29) is 25.7 Å². The third-order valence-corrected chi connectivity index (χ3v) is 21.0. The average molecular weight is 1480 g/mol. The largest absolute Gasteiger partial charge is 0.472 e. The zero-order valence-corrected chi connectivity index (χ0v) is 68.2. The minimum Gasteiger partial charge on any atom is -0.462 e. The number of aliphatic hydroxyl groups excluding tert-OH is 1. The molecule has 0 aliphatic carbocycles. The molecular formula is C82H160O17P2. The minimum absolute atomic E-state index is 0.107. The van der Waals surface area contributed by atoms with E-state index < -0.39 is 97.5 Å². The Hall–Kier alpha value is -1.94. The van der Waals surface area contributed by atoms with Gasteiger partial charge in [0.1, 0.15) is 19.3 Å². The summed E-state index contributed by atoms with van der Waals surface area (Å²) in [4.78, 5) is 73.0. The van der Waals surface area contributed by atoms with Gasteiger partial charge in [-0.05, 0) is 43.4 Å². The van der Waals surface area contributed by atoms with Gasteiger partial charge in [0, 0.05) is 25.7 Å². The standard InChI is InChI=1S/C82H160O17P2/c1-8-9-10-11-12-42-49-56-63-79(84)92-69-77(98-82(87)66-59-52-45-38-32-26-25-29-35-41-48-55-62-75(6)7)71-96-100(88,89)94-67-76(83)68-95-101(90,91)97-72-78(70-93-80(85)64-57-50-43-36-30-23-20-19-22-28-34-40-47-54-61-74(4)5)99-81(86)65-58-51-44-37-31-24-18-16-14-13-15-17-21-27-33-39-46-53-60-73(2)3/h73-78,83H,8-72H2,1-7H3,(H,88,89)(H,90,91)/t76-,77+,78+/m0/s1. The SMILES string of the molecule is CCCCCCCCCCC(=O)OC[C@H](COP(=O)(O)OC[C@H](O)COP(=O)(O)OC[C@@H](COC(=O)CCCCCCCCCCCCCCCCC(C)C)OC(=O)CCCCCCCCCCCCCCCCCCCCC(C)C)OC(=O)CCCCCCCCCCCCCCC(C)C. The number of hydrogen-bond acceptors (Lipinski definition) is 15. The Bertz CT molecular complexity index is 1960. The van der Waals surface area contributed by atoms with Crippen LogP contribution >= 0.6 is 15.6 Å². The van der Waals surface area contributed by atoms with E-state index in [0.717, 1.165) is 114 Å². The second-order valence-corrected chi connectivity index (χ2v) is 33.8. The monoisotopic (exact) mass is 1480 g/mol. The maximum Gasteiger partial charge on any atom is 0.472 e. The summed E-state index contributed by atoms with van der Waals surface area (Å²) in [6, 6.07) is 0. The number of phosphoric acid groups is 2. The summed E-state index contributed by atoms with van der Waals surface area (Å²) in [7, 11) is -9.92. The fourth-order valence-corrected chi connectivity index (χ4v) is 14.2. The Morgan fingerprint density at radius 2 is 0.455 bits per heavy atom. The molecule has 0 bridgehead atoms. The molecule has 0 spiro atoms. The number of phosphoric ester groups is 2. The Kier molecular flexibility index (Phi) is 70.9. The first kappa shape index (κ1) is 99.1. The summed E-state index contributed by atoms with van der Waals surface area (Å²) in [5.74, 6) is 0.285. The van der Waals surface area contributed by atoms with Crippen molar-refractivity contribution in [3.8, 4) is 0 Å². The van der Waals surface area contributed by atoms with Crippen molar-refractivity contribution in [1.29, 1.82) is 0 Å². The van der Waals surface area contributed by atoms with Crippen LogP contribution in [0.4, 0.5) is 0 Å². The van der Waals surface area contributed by atoms with Gasteiger partial charge in [0.25, 0.3) is 0 Å². The lowest BCUT2D eigenvalue weighted by molar-refractivity contribution is -0.161. The molecule has 0 aromatic carbocycles. The van der Waals surface area contributed by atoms with E-state index in [9.17, 15) is 43.2 Å². The molecule has 0 aliphatic rings. The van der Waals surface area contributed by atoms with Gasteiger partial charge in [0.2, 0.25) is 0 Å². The molecule has 5 atom stereocenters. The summed E-state index contributed by atoms with van der Waals surface area (Å²) >= 11 is 0. The van der Waals surface area contributed by atoms with Gasteiger partial charge in [-0.1, -0.05) is 376 Å². The predicted octanol–water partition coefficient (Wildman–Crippen LogP) is 24.5. The van der Waals surface area contributed by atoms with Gasteiger partial charge in [-0.3, -0.25) is 37.3 Å². The minimum atomic E-state index is -4.96. The van der Waals surface area contributed by atoms with Crippen molar-refractivity contribution < 1.29 is 80.2 Å². The molecule has 600 valence electrons. The molecule has 19 heteroatoms. The number of ether oxygens (including phenoxy) is 4. The number of hydrogen-bond donors (Lipinski definition) is 3. The number of carbonyl (C=O) groups is 4. The molecule has 0 radical (unpaired) electrons. The Morgan fingerprint density at radius 1 is 0.267 bits per heavy atom. The van der Waals surface area contributed by atoms with Crippen molar-refractivity contribution in [2.24, 2.45) is 17.8 Å². The number of unbranched alkanes of at least 4 members (excludes halogenated alkanes) is 48. The first-order valence-electron chi connectivity index (χ1n) is 42.3. The Labute approximate surface area is 619 Å². The molecule has 3 N–H and O–H groups in total. The molecular weight excluding hydrogens is 1320 g/mol. The number of esters is 4. The van der Waals surface area contributed by atoms with E-state index in [2.05, 4.69) is 48.5 Å². The highest BCUT2D eigenvalue weighted by atomic mass is 31.2. The van der Waals surface area contributed by atoms with Gasteiger partial charge in [0.05, 0.1) is 26.4 Å². The fourth-order valence-electron chi connectivity index (χ4n) is 12.7. The van der Waals surface area contributed by atoms with Crippen LogP contribution in [0.5, 0.6) is 0 Å². The van der Waals surface area contributed by atoms with E-state index >= 15 is 0 Å². The first-order valence-corrected chi connectivity index (χ1v) is 45.3. The lowest BCUT2D eigenvalue weighted by Crippen LogP contribution is -2.30. The van der Waals surface area contributed by atoms with Crippen LogP contribution in [0, 0.1) is 17.8 Å². The van der Waals surface area contributed by atoms with Crippen LogP contribution in [0.3, 0.4) is 0 Å². The molecule has 0 aromatic rings. The molecule has 0 rings (SSSR count). The zero-order valence-electron chi connectivity index (χ0n) is 66.4. The van der Waals surface area contributed by atoms with E-state index in [0.29, 0.717) is 25.7 Å². The molecule has 0 amide bonds. The van der Waals surface area contributed by atoms with Gasteiger partial charge in [-0.15, -0.1) is 0 Å². The van der Waals surface area contributed by atoms with Gasteiger partial charge in [-0.25, -0.2) is 9.13 Å². The molecule has 0 saturated heterocycles. The Morgan fingerprint density at radius 3 is 0.673 bits per heavy atom. The average Bonchev–Trinajstić information content (AvgIpc) is 0.981. The van der Waals surface area contributed by atoms with Crippen LogP contribution < -0.4 is 0 Å². The highest BCUT2D eigenvalue weighted by molar-refractivity contribution is 7.47. The van der Waals surface area contributed by atoms with E-state index in [1.807, 2.05) is 0 Å². The van der Waals surface area contributed by atoms with Crippen molar-refractivity contribution >= 4 is 39.5 Å². The van der Waals surface area contributed by atoms with Crippen LogP contribution in [0.25, 0.3) is 0 Å². The first-order chi connectivity index (χ1) is 48.7. The maximum atomic E-state index is 13.1. The summed E-state index contributed by atoms with van der Waals surface area (Å²) < 4.78 is 68.7. The van der Waals surface area contributed by atoms with Gasteiger partial charge in [0.15, 0.2) is 12.2 Å². The van der Waals surface area contributed by atoms with Gasteiger partial charge < -0.3 is 33.8 Å². The molecule has 2 unspecified atom stereocenters. The maximum absolute atomic E-state index is 13.1. The van der Waals surface area contributed by atoms with E-state index in [4.69, 9.17) is 37.0 Å². The fraction of sp³-hybridized carbons (Fsp3) is 0.951. The van der Waals surface area contributed by atoms with E-state index in [1.54, 1.807) is 0 Å². The number of rotatable bonds is 80. The summed E-state index contributed by atoms with van der Waals surface area (Å²) in [5.41, 5.74) is 0. The molecule has 0 fully saturated rings. The lowest BCUT2D eigenvalue weighted by Gasteiger charge is -2.21. The summed E-state index contributed by atoms with van der Waals surface area (Å²) in [5, 5.41) is 10.6. The number of carbonyl (C=O) groups excluding carboxylic acids is 4. The highest BCUT2D eigenvalue weighted by Crippen LogP contribution is 2.45. The highest BCUT2D eigenvalue weighted by Gasteiger charge is 2.30. The summed E-state index contributed by atoms with van der Waals surface area (Å²) in [6.07, 6.45) is 61.1. The molecule has 0 aromatic heterocycles. The van der Waals surface area contributed by atoms with Crippen LogP contribution in [0.2, 0.25) is 0 Å². The zero-order chi connectivity index (χ0) is 74.4. The predicted molar refractivity (Wildman–Crippen MR) is 414 cm³/mol. The Balaban J connectivity index is 5.20. The molecule has 0 saturated carbocycles. The lowest BCUT2D eigenvalue weighted by atomic mass is 10.0. The quantitative estimate of drug-likeness (QED) is 0.0222. The van der Waals surface area contributed by atoms with Crippen LogP contribution in [-0.4, -0.2) is 96.7 Å². The van der Waals surface area contributed by atoms with Crippen molar-refractivity contribution in [2.75, 3.05) is 39.6 Å². The number of aliphatic hydroxyl groups is 1. The van der Waals surface area contributed by atoms with Gasteiger partial charge >= 0.3 is 39.5 Å². The second kappa shape index (κ2) is 72.3. The molecule has 17 nitrogen and oxygen atoms in total. The molecule has 0 heterocycles. The topological polar surface area (TPSA) is 237 Å². The smallest absolute Gasteiger partial charge is 0.462 e. The molecule has 0 aliphatic heterocycles. The van der Waals surface area contributed by atoms with Crippen molar-refractivity contribution in [3.63, 3.8) is 0 Å². The van der Waals surface area contributed by atoms with Crippen molar-refractivity contribution in [3.05, 3.63) is 0 Å². The van der Waals surface area contributed by atoms with Gasteiger partial charge in [-0.2, -0.15) is 0 Å². The second-order valence-electron chi connectivity index (χ2n) is 30.9. The van der Waals surface area contributed by atoms with Crippen LogP contribution in [0.1, 0.15) is 427 Å².